The topological polar surface area (TPSA) is 66.5 Å². The molecule has 0 bridgehead atoms. The zero-order chi connectivity index (χ0) is 18.9. The normalized spacial score (nSPS) is 11.7. The molecule has 0 aliphatic carbocycles. The smallest absolute Gasteiger partial charge is 0.256 e. The Morgan fingerprint density at radius 2 is 1.65 bits per heavy atom. The fourth-order valence-corrected chi connectivity index (χ4v) is 3.65. The Bertz CT molecular complexity index is 1080. The number of carbonyl (C=O) groups is 1. The van der Waals surface area contributed by atoms with E-state index in [1.807, 2.05) is 43.3 Å². The van der Waals surface area contributed by atoms with Gasteiger partial charge in [0.25, 0.3) is 5.91 Å². The molecule has 3 aromatic rings. The average Bonchev–Trinajstić information content (AvgIpc) is 2.62. The fourth-order valence-electron chi connectivity index (χ4n) is 2.72. The van der Waals surface area contributed by atoms with Crippen molar-refractivity contribution in [3.63, 3.8) is 0 Å². The number of nitrogens with one attached hydrogen (secondary N) is 1. The summed E-state index contributed by atoms with van der Waals surface area (Å²) in [5, 5.41) is 4.67. The zero-order valence-electron chi connectivity index (χ0n) is 14.9. The van der Waals surface area contributed by atoms with Gasteiger partial charge in [0.05, 0.1) is 4.90 Å². The van der Waals surface area contributed by atoms with E-state index in [0.717, 1.165) is 20.6 Å². The molecule has 0 radical (unpaired) electrons. The summed E-state index contributed by atoms with van der Waals surface area (Å²) in [5.41, 5.74) is 1.81. The predicted molar refractivity (Wildman–Crippen MR) is 104 cm³/mol. The molecule has 0 aliphatic rings. The number of hydrogen-bond donors (Lipinski definition) is 1. The van der Waals surface area contributed by atoms with Gasteiger partial charge in [-0.1, -0.05) is 42.5 Å². The summed E-state index contributed by atoms with van der Waals surface area (Å²) in [4.78, 5) is 12.9. The fraction of sp³-hybridized carbons (Fsp3) is 0.150. The van der Waals surface area contributed by atoms with Crippen LogP contribution in [0.1, 0.15) is 15.9 Å². The quantitative estimate of drug-likeness (QED) is 0.764. The van der Waals surface area contributed by atoms with Gasteiger partial charge < -0.3 is 5.32 Å². The third kappa shape index (κ3) is 3.34. The van der Waals surface area contributed by atoms with Crippen molar-refractivity contribution >= 4 is 32.4 Å². The lowest BCUT2D eigenvalue weighted by atomic mass is 10.0. The molecule has 0 fully saturated rings. The number of nitrogens with zero attached hydrogens (tertiary/aromatic N) is 1. The number of hydrogen-bond acceptors (Lipinski definition) is 3. The monoisotopic (exact) mass is 368 g/mol. The Balaban J connectivity index is 1.99. The second kappa shape index (κ2) is 6.90. The molecule has 0 saturated heterocycles. The molecule has 1 N–H and O–H groups in total. The van der Waals surface area contributed by atoms with Crippen LogP contribution in [0.5, 0.6) is 0 Å². The van der Waals surface area contributed by atoms with Crippen LogP contribution in [0.15, 0.2) is 65.6 Å². The first kappa shape index (κ1) is 18.1. The first-order valence-electron chi connectivity index (χ1n) is 8.13. The molecule has 0 spiro atoms. The molecule has 0 atom stereocenters. The van der Waals surface area contributed by atoms with Crippen molar-refractivity contribution in [1.82, 2.24) is 4.31 Å². The lowest BCUT2D eigenvalue weighted by molar-refractivity contribution is 0.102. The highest BCUT2D eigenvalue weighted by Crippen LogP contribution is 2.24. The number of fused-ring (bicyclic) bond motifs is 1. The van der Waals surface area contributed by atoms with Crippen molar-refractivity contribution in [2.45, 2.75) is 11.8 Å². The predicted octanol–water partition coefficient (Wildman–Crippen LogP) is 3.65. The summed E-state index contributed by atoms with van der Waals surface area (Å²) in [7, 11) is -0.618. The van der Waals surface area contributed by atoms with Gasteiger partial charge in [-0.3, -0.25) is 4.79 Å². The maximum absolute atomic E-state index is 12.8. The van der Waals surface area contributed by atoms with Crippen LogP contribution in [0.3, 0.4) is 0 Å². The van der Waals surface area contributed by atoms with E-state index >= 15 is 0 Å². The van der Waals surface area contributed by atoms with Gasteiger partial charge in [-0.15, -0.1) is 0 Å². The summed E-state index contributed by atoms with van der Waals surface area (Å²) >= 11 is 0. The minimum atomic E-state index is -3.57. The highest BCUT2D eigenvalue weighted by Gasteiger charge is 2.19. The highest BCUT2D eigenvalue weighted by molar-refractivity contribution is 7.89. The molecule has 0 saturated carbocycles. The third-order valence-electron chi connectivity index (χ3n) is 4.27. The highest BCUT2D eigenvalue weighted by atomic mass is 32.2. The van der Waals surface area contributed by atoms with E-state index in [0.29, 0.717) is 11.3 Å². The maximum atomic E-state index is 12.8. The molecule has 0 unspecified atom stereocenters. The SMILES string of the molecule is Cc1ccc(S(=O)(=O)N(C)C)cc1NC(=O)c1cccc2ccccc12. The van der Waals surface area contributed by atoms with Crippen molar-refractivity contribution in [3.05, 3.63) is 71.8 Å². The van der Waals surface area contributed by atoms with Crippen LogP contribution in [-0.2, 0) is 10.0 Å². The molecular formula is C20H20N2O3S. The summed E-state index contributed by atoms with van der Waals surface area (Å²) in [5.74, 6) is -0.274. The first-order valence-corrected chi connectivity index (χ1v) is 9.57. The Hall–Kier alpha value is -2.70. The lowest BCUT2D eigenvalue weighted by Crippen LogP contribution is -2.22. The van der Waals surface area contributed by atoms with Crippen LogP contribution in [-0.4, -0.2) is 32.7 Å². The Kier molecular flexibility index (Phi) is 4.80. The van der Waals surface area contributed by atoms with Crippen LogP contribution >= 0.6 is 0 Å². The minimum Gasteiger partial charge on any atom is -0.322 e. The summed E-state index contributed by atoms with van der Waals surface area (Å²) in [6, 6.07) is 17.9. The third-order valence-corrected chi connectivity index (χ3v) is 6.08. The van der Waals surface area contributed by atoms with E-state index in [-0.39, 0.29) is 10.8 Å². The number of aryl methyl sites for hydroxylation is 1. The minimum absolute atomic E-state index is 0.140. The van der Waals surface area contributed by atoms with Crippen LogP contribution < -0.4 is 5.32 Å². The molecule has 3 rings (SSSR count). The molecular weight excluding hydrogens is 348 g/mol. The number of rotatable bonds is 4. The van der Waals surface area contributed by atoms with Gasteiger partial charge in [0.15, 0.2) is 0 Å². The first-order chi connectivity index (χ1) is 12.3. The van der Waals surface area contributed by atoms with Gasteiger partial charge in [-0.2, -0.15) is 0 Å². The molecule has 0 heterocycles. The Labute approximate surface area is 153 Å². The van der Waals surface area contributed by atoms with Crippen LogP contribution in [0, 0.1) is 6.92 Å². The van der Waals surface area contributed by atoms with E-state index in [1.165, 1.54) is 26.2 Å². The van der Waals surface area contributed by atoms with Crippen molar-refractivity contribution in [3.8, 4) is 0 Å². The number of carbonyl (C=O) groups excluding carboxylic acids is 1. The molecule has 0 aliphatic heterocycles. The van der Waals surface area contributed by atoms with Crippen molar-refractivity contribution in [2.24, 2.45) is 0 Å². The van der Waals surface area contributed by atoms with Crippen molar-refractivity contribution in [2.75, 3.05) is 19.4 Å². The standard InChI is InChI=1S/C20H20N2O3S/c1-14-11-12-16(26(24,25)22(2)3)13-19(14)21-20(23)18-10-6-8-15-7-4-5-9-17(15)18/h4-13H,1-3H3,(H,21,23). The van der Waals surface area contributed by atoms with Gasteiger partial charge in [0, 0.05) is 25.3 Å². The molecule has 0 aromatic heterocycles. The van der Waals surface area contributed by atoms with Crippen molar-refractivity contribution in [1.29, 1.82) is 0 Å². The molecule has 134 valence electrons. The van der Waals surface area contributed by atoms with Gasteiger partial charge in [0.2, 0.25) is 10.0 Å². The Morgan fingerprint density at radius 3 is 2.38 bits per heavy atom. The van der Waals surface area contributed by atoms with E-state index in [2.05, 4.69) is 5.32 Å². The van der Waals surface area contributed by atoms with E-state index in [1.54, 1.807) is 12.1 Å². The average molecular weight is 368 g/mol. The van der Waals surface area contributed by atoms with Gasteiger partial charge in [0.1, 0.15) is 0 Å². The largest absolute Gasteiger partial charge is 0.322 e. The molecule has 3 aromatic carbocycles. The zero-order valence-corrected chi connectivity index (χ0v) is 15.7. The Morgan fingerprint density at radius 1 is 0.962 bits per heavy atom. The molecule has 6 heteroatoms. The maximum Gasteiger partial charge on any atom is 0.256 e. The van der Waals surface area contributed by atoms with Crippen LogP contribution in [0.4, 0.5) is 5.69 Å². The van der Waals surface area contributed by atoms with E-state index < -0.39 is 10.0 Å². The lowest BCUT2D eigenvalue weighted by Gasteiger charge is -2.15. The summed E-state index contributed by atoms with van der Waals surface area (Å²) in [6.07, 6.45) is 0. The van der Waals surface area contributed by atoms with E-state index in [4.69, 9.17) is 0 Å². The van der Waals surface area contributed by atoms with Crippen LogP contribution in [0.25, 0.3) is 10.8 Å². The second-order valence-electron chi connectivity index (χ2n) is 6.24. The summed E-state index contributed by atoms with van der Waals surface area (Å²) < 4.78 is 25.8. The number of amides is 1. The molecule has 26 heavy (non-hydrogen) atoms. The second-order valence-corrected chi connectivity index (χ2v) is 8.40. The van der Waals surface area contributed by atoms with Gasteiger partial charge in [-0.25, -0.2) is 12.7 Å². The van der Waals surface area contributed by atoms with Gasteiger partial charge >= 0.3 is 0 Å². The van der Waals surface area contributed by atoms with E-state index in [9.17, 15) is 13.2 Å². The molecule has 5 nitrogen and oxygen atoms in total. The number of anilines is 1. The van der Waals surface area contributed by atoms with Crippen molar-refractivity contribution < 1.29 is 13.2 Å². The van der Waals surface area contributed by atoms with Gasteiger partial charge in [-0.05, 0) is 41.5 Å². The number of benzene rings is 3. The number of sulfonamides is 1. The van der Waals surface area contributed by atoms with Crippen LogP contribution in [0.2, 0.25) is 0 Å². The summed E-state index contributed by atoms with van der Waals surface area (Å²) in [6.45, 7) is 1.82. The molecule has 1 amide bonds.